The Hall–Kier alpha value is -2.03. The summed E-state index contributed by atoms with van der Waals surface area (Å²) < 4.78 is 12.7. The van der Waals surface area contributed by atoms with Crippen molar-refractivity contribution >= 4 is 5.78 Å². The molecule has 2 rings (SSSR count). The molecule has 3 heteroatoms. The molecule has 1 aromatic carbocycles. The molecule has 0 bridgehead atoms. The highest BCUT2D eigenvalue weighted by molar-refractivity contribution is 5.96. The third kappa shape index (κ3) is 2.62. The van der Waals surface area contributed by atoms with E-state index in [1.165, 1.54) is 12.1 Å². The van der Waals surface area contributed by atoms with Crippen molar-refractivity contribution in [2.45, 2.75) is 20.3 Å². The Labute approximate surface area is 105 Å². The number of halogens is 1. The van der Waals surface area contributed by atoms with E-state index >= 15 is 0 Å². The lowest BCUT2D eigenvalue weighted by atomic mass is 9.97. The van der Waals surface area contributed by atoms with E-state index in [0.717, 1.165) is 22.9 Å². The van der Waals surface area contributed by atoms with Gasteiger partial charge in [-0.1, -0.05) is 18.2 Å². The molecule has 0 aliphatic carbocycles. The zero-order valence-corrected chi connectivity index (χ0v) is 10.4. The number of aryl methyl sites for hydroxylation is 2. The van der Waals surface area contributed by atoms with Gasteiger partial charge >= 0.3 is 0 Å². The van der Waals surface area contributed by atoms with Crippen LogP contribution in [0.3, 0.4) is 0 Å². The first-order chi connectivity index (χ1) is 8.58. The summed E-state index contributed by atoms with van der Waals surface area (Å²) in [5.74, 6) is -0.522. The predicted octanol–water partition coefficient (Wildman–Crippen LogP) is 3.26. The third-order valence-corrected chi connectivity index (χ3v) is 2.99. The van der Waals surface area contributed by atoms with Crippen molar-refractivity contribution in [3.63, 3.8) is 0 Å². The van der Waals surface area contributed by atoms with Gasteiger partial charge in [-0.25, -0.2) is 4.39 Å². The zero-order valence-electron chi connectivity index (χ0n) is 10.4. The van der Waals surface area contributed by atoms with Gasteiger partial charge in [0.2, 0.25) is 0 Å². The van der Waals surface area contributed by atoms with Gasteiger partial charge in [-0.15, -0.1) is 0 Å². The fourth-order valence-electron chi connectivity index (χ4n) is 1.92. The number of hydrogen-bond donors (Lipinski definition) is 0. The molecule has 0 radical (unpaired) electrons. The lowest BCUT2D eigenvalue weighted by Crippen LogP contribution is -2.08. The molecule has 2 nitrogen and oxygen atoms in total. The maximum atomic E-state index is 12.7. The van der Waals surface area contributed by atoms with Crippen molar-refractivity contribution in [3.05, 3.63) is 64.7 Å². The predicted molar refractivity (Wildman–Crippen MR) is 68.1 cm³/mol. The third-order valence-electron chi connectivity index (χ3n) is 2.99. The van der Waals surface area contributed by atoms with Crippen molar-refractivity contribution in [3.8, 4) is 0 Å². The Morgan fingerprint density at radius 3 is 2.39 bits per heavy atom. The molecule has 0 saturated heterocycles. The van der Waals surface area contributed by atoms with Gasteiger partial charge in [-0.2, -0.15) is 0 Å². The lowest BCUT2D eigenvalue weighted by molar-refractivity contribution is 0.0987. The van der Waals surface area contributed by atoms with Crippen LogP contribution in [0.25, 0.3) is 0 Å². The Morgan fingerprint density at radius 1 is 1.17 bits per heavy atom. The normalized spacial score (nSPS) is 10.4. The summed E-state index contributed by atoms with van der Waals surface area (Å²) in [6, 6.07) is 8.60. The van der Waals surface area contributed by atoms with Crippen molar-refractivity contribution in [1.29, 1.82) is 0 Å². The standard InChI is InChI=1S/C15H14FNO/c1-10-4-3-5-11(2)13(10)8-15(18)14-7-6-12(16)9-17-14/h3-7,9H,8H2,1-2H3. The number of pyridine rings is 1. The van der Waals surface area contributed by atoms with Gasteiger partial charge in [0.05, 0.1) is 6.20 Å². The van der Waals surface area contributed by atoms with Gasteiger partial charge in [0.25, 0.3) is 0 Å². The van der Waals surface area contributed by atoms with Crippen molar-refractivity contribution in [1.82, 2.24) is 4.98 Å². The summed E-state index contributed by atoms with van der Waals surface area (Å²) in [5, 5.41) is 0. The molecule has 0 fully saturated rings. The summed E-state index contributed by atoms with van der Waals surface area (Å²) in [6.45, 7) is 3.96. The number of benzene rings is 1. The highest BCUT2D eigenvalue weighted by Crippen LogP contribution is 2.15. The molecule has 0 amide bonds. The molecule has 0 aliphatic heterocycles. The minimum absolute atomic E-state index is 0.0904. The minimum atomic E-state index is -0.432. The van der Waals surface area contributed by atoms with E-state index in [4.69, 9.17) is 0 Å². The Bertz CT molecular complexity index is 555. The van der Waals surface area contributed by atoms with Crippen LogP contribution in [-0.4, -0.2) is 10.8 Å². The SMILES string of the molecule is Cc1cccc(C)c1CC(=O)c1ccc(F)cn1. The molecule has 1 aromatic heterocycles. The smallest absolute Gasteiger partial charge is 0.185 e. The first kappa shape index (κ1) is 12.4. The number of carbonyl (C=O) groups is 1. The number of hydrogen-bond acceptors (Lipinski definition) is 2. The Kier molecular flexibility index (Phi) is 3.51. The van der Waals surface area contributed by atoms with E-state index in [9.17, 15) is 9.18 Å². The topological polar surface area (TPSA) is 30.0 Å². The van der Waals surface area contributed by atoms with Gasteiger partial charge in [0, 0.05) is 6.42 Å². The highest BCUT2D eigenvalue weighted by atomic mass is 19.1. The molecular weight excluding hydrogens is 229 g/mol. The lowest BCUT2D eigenvalue weighted by Gasteiger charge is -2.08. The van der Waals surface area contributed by atoms with Gasteiger partial charge in [-0.3, -0.25) is 9.78 Å². The molecule has 0 N–H and O–H groups in total. The molecule has 0 spiro atoms. The maximum absolute atomic E-state index is 12.7. The first-order valence-electron chi connectivity index (χ1n) is 5.78. The number of aromatic nitrogens is 1. The van der Waals surface area contributed by atoms with Crippen molar-refractivity contribution < 1.29 is 9.18 Å². The zero-order chi connectivity index (χ0) is 13.1. The molecule has 92 valence electrons. The van der Waals surface area contributed by atoms with Gasteiger partial charge < -0.3 is 0 Å². The van der Waals surface area contributed by atoms with Crippen LogP contribution >= 0.6 is 0 Å². The second-order valence-electron chi connectivity index (χ2n) is 4.33. The van der Waals surface area contributed by atoms with Crippen LogP contribution in [0, 0.1) is 19.7 Å². The summed E-state index contributed by atoms with van der Waals surface area (Å²) in [6.07, 6.45) is 1.37. The van der Waals surface area contributed by atoms with Crippen LogP contribution in [0.15, 0.2) is 36.5 Å². The van der Waals surface area contributed by atoms with Crippen LogP contribution in [0.2, 0.25) is 0 Å². The van der Waals surface area contributed by atoms with Gasteiger partial charge in [0.15, 0.2) is 5.78 Å². The fraction of sp³-hybridized carbons (Fsp3) is 0.200. The highest BCUT2D eigenvalue weighted by Gasteiger charge is 2.11. The van der Waals surface area contributed by atoms with E-state index in [1.807, 2.05) is 32.0 Å². The quantitative estimate of drug-likeness (QED) is 0.774. The second kappa shape index (κ2) is 5.08. The number of Topliss-reactive ketones (excluding diaryl/α,β-unsaturated/α-hetero) is 1. The fourth-order valence-corrected chi connectivity index (χ4v) is 1.92. The molecule has 0 atom stereocenters. The number of nitrogens with zero attached hydrogens (tertiary/aromatic N) is 1. The summed E-state index contributed by atoms with van der Waals surface area (Å²) in [5.41, 5.74) is 3.50. The van der Waals surface area contributed by atoms with Crippen molar-refractivity contribution in [2.24, 2.45) is 0 Å². The van der Waals surface area contributed by atoms with Crippen molar-refractivity contribution in [2.75, 3.05) is 0 Å². The average molecular weight is 243 g/mol. The van der Waals surface area contributed by atoms with Crippen LogP contribution in [0.4, 0.5) is 4.39 Å². The van der Waals surface area contributed by atoms with Gasteiger partial charge in [-0.05, 0) is 42.7 Å². The Balaban J connectivity index is 2.24. The molecule has 0 aliphatic rings. The second-order valence-corrected chi connectivity index (χ2v) is 4.33. The maximum Gasteiger partial charge on any atom is 0.185 e. The van der Waals surface area contributed by atoms with E-state index in [1.54, 1.807) is 0 Å². The van der Waals surface area contributed by atoms with Crippen LogP contribution in [0.5, 0.6) is 0 Å². The summed E-state index contributed by atoms with van der Waals surface area (Å²) >= 11 is 0. The number of carbonyl (C=O) groups excluding carboxylic acids is 1. The van der Waals surface area contributed by atoms with E-state index < -0.39 is 5.82 Å². The molecular formula is C15H14FNO. The summed E-state index contributed by atoms with van der Waals surface area (Å²) in [7, 11) is 0. The monoisotopic (exact) mass is 243 g/mol. The molecule has 0 unspecified atom stereocenters. The number of ketones is 1. The first-order valence-corrected chi connectivity index (χ1v) is 5.78. The van der Waals surface area contributed by atoms with Crippen LogP contribution in [0.1, 0.15) is 27.2 Å². The molecule has 18 heavy (non-hydrogen) atoms. The van der Waals surface area contributed by atoms with E-state index in [0.29, 0.717) is 12.1 Å². The molecule has 2 aromatic rings. The Morgan fingerprint density at radius 2 is 1.83 bits per heavy atom. The largest absolute Gasteiger partial charge is 0.292 e. The minimum Gasteiger partial charge on any atom is -0.292 e. The van der Waals surface area contributed by atoms with Gasteiger partial charge in [0.1, 0.15) is 11.5 Å². The van der Waals surface area contributed by atoms with E-state index in [-0.39, 0.29) is 5.78 Å². The summed E-state index contributed by atoms with van der Waals surface area (Å²) in [4.78, 5) is 15.9. The average Bonchev–Trinajstić information content (AvgIpc) is 2.34. The molecule has 1 heterocycles. The number of rotatable bonds is 3. The van der Waals surface area contributed by atoms with E-state index in [2.05, 4.69) is 4.98 Å². The van der Waals surface area contributed by atoms with Crippen LogP contribution < -0.4 is 0 Å². The molecule has 0 saturated carbocycles. The van der Waals surface area contributed by atoms with Crippen LogP contribution in [-0.2, 0) is 6.42 Å².